The first-order valence-electron chi connectivity index (χ1n) is 6.90. The number of rotatable bonds is 3. The van der Waals surface area contributed by atoms with E-state index in [0.29, 0.717) is 5.02 Å². The third kappa shape index (κ3) is 4.22. The van der Waals surface area contributed by atoms with Crippen LogP contribution in [0.5, 0.6) is 0 Å². The highest BCUT2D eigenvalue weighted by atomic mass is 35.5. The van der Waals surface area contributed by atoms with Gasteiger partial charge in [-0.2, -0.15) is 0 Å². The van der Waals surface area contributed by atoms with Crippen molar-refractivity contribution in [1.29, 1.82) is 0 Å². The summed E-state index contributed by atoms with van der Waals surface area (Å²) in [4.78, 5) is 12.7. The molecule has 21 heavy (non-hydrogen) atoms. The van der Waals surface area contributed by atoms with E-state index in [2.05, 4.69) is 18.7 Å². The van der Waals surface area contributed by atoms with E-state index in [1.165, 1.54) is 6.08 Å². The minimum Gasteiger partial charge on any atom is -0.478 e. The zero-order valence-corrected chi connectivity index (χ0v) is 13.2. The topological polar surface area (TPSA) is 49.8 Å². The number of aliphatic carboxylic acids is 1. The van der Waals surface area contributed by atoms with Crippen molar-refractivity contribution in [2.75, 3.05) is 18.0 Å². The lowest BCUT2D eigenvalue weighted by molar-refractivity contribution is -0.131. The predicted molar refractivity (Wildman–Crippen MR) is 85.0 cm³/mol. The SMILES string of the molecule is CC1CN(c2ccc(/C=C/C(=O)O)cc2Cl)CC(C)(C)O1. The fourth-order valence-electron chi connectivity index (χ4n) is 2.69. The van der Waals surface area contributed by atoms with Crippen LogP contribution in [0.4, 0.5) is 5.69 Å². The Kier molecular flexibility index (Phi) is 4.59. The molecule has 0 bridgehead atoms. The normalized spacial score (nSPS) is 21.7. The van der Waals surface area contributed by atoms with Gasteiger partial charge in [-0.15, -0.1) is 0 Å². The molecule has 1 atom stereocenters. The number of ether oxygens (including phenoxy) is 1. The van der Waals surface area contributed by atoms with Crippen molar-refractivity contribution in [3.8, 4) is 0 Å². The van der Waals surface area contributed by atoms with Crippen LogP contribution in [-0.4, -0.2) is 35.9 Å². The summed E-state index contributed by atoms with van der Waals surface area (Å²) in [5.74, 6) is -0.973. The zero-order valence-electron chi connectivity index (χ0n) is 12.5. The monoisotopic (exact) mass is 309 g/mol. The number of hydrogen-bond acceptors (Lipinski definition) is 3. The standard InChI is InChI=1S/C16H20ClNO3/c1-11-9-18(10-16(2,3)21-11)14-6-4-12(8-13(14)17)5-7-15(19)20/h4-8,11H,9-10H2,1-3H3,(H,19,20)/b7-5+. The zero-order chi connectivity index (χ0) is 15.6. The molecule has 5 heteroatoms. The predicted octanol–water partition coefficient (Wildman–Crippen LogP) is 3.44. The van der Waals surface area contributed by atoms with Crippen LogP contribution in [0, 0.1) is 0 Å². The van der Waals surface area contributed by atoms with Crippen molar-refractivity contribution in [3.63, 3.8) is 0 Å². The van der Waals surface area contributed by atoms with Gasteiger partial charge in [-0.05, 0) is 44.5 Å². The van der Waals surface area contributed by atoms with E-state index >= 15 is 0 Å². The Bertz CT molecular complexity index is 569. The maximum atomic E-state index is 10.5. The molecule has 1 heterocycles. The fourth-order valence-corrected chi connectivity index (χ4v) is 3.00. The molecule has 1 aromatic rings. The molecule has 0 aromatic heterocycles. The molecule has 1 fully saturated rings. The Hall–Kier alpha value is -1.52. The van der Waals surface area contributed by atoms with Gasteiger partial charge in [0.1, 0.15) is 0 Å². The largest absolute Gasteiger partial charge is 0.478 e. The van der Waals surface area contributed by atoms with E-state index in [1.54, 1.807) is 6.07 Å². The van der Waals surface area contributed by atoms with Gasteiger partial charge in [0.25, 0.3) is 0 Å². The first-order chi connectivity index (χ1) is 9.77. The van der Waals surface area contributed by atoms with Gasteiger partial charge in [0, 0.05) is 19.2 Å². The van der Waals surface area contributed by atoms with Crippen molar-refractivity contribution in [2.24, 2.45) is 0 Å². The van der Waals surface area contributed by atoms with Gasteiger partial charge in [-0.3, -0.25) is 0 Å². The summed E-state index contributed by atoms with van der Waals surface area (Å²) in [6.45, 7) is 7.72. The van der Waals surface area contributed by atoms with Crippen LogP contribution >= 0.6 is 11.6 Å². The van der Waals surface area contributed by atoms with Crippen molar-refractivity contribution in [3.05, 3.63) is 34.9 Å². The summed E-state index contributed by atoms with van der Waals surface area (Å²) in [5.41, 5.74) is 1.50. The molecule has 1 aromatic carbocycles. The third-order valence-corrected chi connectivity index (χ3v) is 3.60. The van der Waals surface area contributed by atoms with Crippen LogP contribution in [0.1, 0.15) is 26.3 Å². The Morgan fingerprint density at radius 1 is 1.52 bits per heavy atom. The maximum absolute atomic E-state index is 10.5. The maximum Gasteiger partial charge on any atom is 0.328 e. The first-order valence-corrected chi connectivity index (χ1v) is 7.28. The van der Waals surface area contributed by atoms with Gasteiger partial charge in [-0.25, -0.2) is 4.79 Å². The quantitative estimate of drug-likeness (QED) is 0.869. The Balaban J connectivity index is 2.22. The highest BCUT2D eigenvalue weighted by molar-refractivity contribution is 6.33. The van der Waals surface area contributed by atoms with E-state index in [9.17, 15) is 4.79 Å². The molecule has 4 nitrogen and oxygen atoms in total. The Morgan fingerprint density at radius 2 is 2.24 bits per heavy atom. The molecule has 1 aliphatic heterocycles. The van der Waals surface area contributed by atoms with Gasteiger partial charge in [0.15, 0.2) is 0 Å². The minimum atomic E-state index is -0.973. The molecule has 0 aliphatic carbocycles. The van der Waals surface area contributed by atoms with Crippen LogP contribution in [0.3, 0.4) is 0 Å². The van der Waals surface area contributed by atoms with E-state index in [4.69, 9.17) is 21.4 Å². The van der Waals surface area contributed by atoms with Crippen molar-refractivity contribution >= 4 is 29.3 Å². The second-order valence-corrected chi connectivity index (χ2v) is 6.36. The number of carbonyl (C=O) groups is 1. The van der Waals surface area contributed by atoms with Crippen LogP contribution in [0.2, 0.25) is 5.02 Å². The van der Waals surface area contributed by atoms with Crippen LogP contribution in [0.15, 0.2) is 24.3 Å². The Labute approximate surface area is 130 Å². The molecule has 0 amide bonds. The number of morpholine rings is 1. The number of nitrogens with zero attached hydrogens (tertiary/aromatic N) is 1. The van der Waals surface area contributed by atoms with Crippen molar-refractivity contribution in [2.45, 2.75) is 32.5 Å². The number of carboxylic acids is 1. The summed E-state index contributed by atoms with van der Waals surface area (Å²) in [6.07, 6.45) is 2.77. The van der Waals surface area contributed by atoms with Gasteiger partial charge in [0.05, 0.1) is 22.4 Å². The van der Waals surface area contributed by atoms with Gasteiger partial charge in [-0.1, -0.05) is 17.7 Å². The van der Waals surface area contributed by atoms with Crippen LogP contribution < -0.4 is 4.90 Å². The highest BCUT2D eigenvalue weighted by Crippen LogP contribution is 2.32. The van der Waals surface area contributed by atoms with E-state index in [1.807, 2.05) is 19.1 Å². The summed E-state index contributed by atoms with van der Waals surface area (Å²) in [7, 11) is 0. The lowest BCUT2D eigenvalue weighted by Crippen LogP contribution is -2.52. The van der Waals surface area contributed by atoms with Crippen LogP contribution in [-0.2, 0) is 9.53 Å². The van der Waals surface area contributed by atoms with E-state index < -0.39 is 5.97 Å². The number of hydrogen-bond donors (Lipinski definition) is 1. The second kappa shape index (κ2) is 6.08. The summed E-state index contributed by atoms with van der Waals surface area (Å²) >= 11 is 6.36. The van der Waals surface area contributed by atoms with Crippen molar-refractivity contribution in [1.82, 2.24) is 0 Å². The average molecular weight is 310 g/mol. The summed E-state index contributed by atoms with van der Waals surface area (Å²) in [6, 6.07) is 5.58. The van der Waals surface area contributed by atoms with Gasteiger partial charge < -0.3 is 14.7 Å². The highest BCUT2D eigenvalue weighted by Gasteiger charge is 2.32. The number of anilines is 1. The Morgan fingerprint density at radius 3 is 2.81 bits per heavy atom. The van der Waals surface area contributed by atoms with E-state index in [0.717, 1.165) is 30.4 Å². The molecule has 114 valence electrons. The third-order valence-electron chi connectivity index (χ3n) is 3.30. The molecule has 0 saturated carbocycles. The second-order valence-electron chi connectivity index (χ2n) is 5.95. The average Bonchev–Trinajstić information content (AvgIpc) is 2.33. The molecular weight excluding hydrogens is 290 g/mol. The fraction of sp³-hybridized carbons (Fsp3) is 0.438. The van der Waals surface area contributed by atoms with Crippen molar-refractivity contribution < 1.29 is 14.6 Å². The lowest BCUT2D eigenvalue weighted by atomic mass is 10.0. The smallest absolute Gasteiger partial charge is 0.328 e. The number of halogens is 1. The number of carboxylic acid groups (broad SMARTS) is 1. The summed E-state index contributed by atoms with van der Waals surface area (Å²) in [5, 5.41) is 9.27. The molecule has 2 rings (SSSR count). The number of benzene rings is 1. The summed E-state index contributed by atoms with van der Waals surface area (Å²) < 4.78 is 5.89. The van der Waals surface area contributed by atoms with Gasteiger partial charge in [0.2, 0.25) is 0 Å². The molecule has 0 spiro atoms. The first kappa shape index (κ1) is 15.9. The lowest BCUT2D eigenvalue weighted by Gasteiger charge is -2.43. The molecular formula is C16H20ClNO3. The molecule has 0 radical (unpaired) electrons. The molecule has 1 unspecified atom stereocenters. The molecule has 1 N–H and O–H groups in total. The van der Waals surface area contributed by atoms with Gasteiger partial charge >= 0.3 is 5.97 Å². The molecule has 1 saturated heterocycles. The van der Waals surface area contributed by atoms with E-state index in [-0.39, 0.29) is 11.7 Å². The minimum absolute atomic E-state index is 0.136. The molecule has 1 aliphatic rings. The van der Waals surface area contributed by atoms with Crippen LogP contribution in [0.25, 0.3) is 6.08 Å².